The van der Waals surface area contributed by atoms with Crippen LogP contribution in [-0.2, 0) is 13.5 Å². The van der Waals surface area contributed by atoms with Gasteiger partial charge < -0.3 is 20.9 Å². The van der Waals surface area contributed by atoms with Crippen LogP contribution in [0.1, 0.15) is 23.5 Å². The van der Waals surface area contributed by atoms with Gasteiger partial charge in [-0.2, -0.15) is 0 Å². The number of nitrogens with one attached hydrogen (secondary N) is 2. The third-order valence-corrected chi connectivity index (χ3v) is 4.96. The van der Waals surface area contributed by atoms with Gasteiger partial charge in [0.1, 0.15) is 0 Å². The van der Waals surface area contributed by atoms with E-state index in [4.69, 9.17) is 5.73 Å². The smallest absolute Gasteiger partial charge is 0.312 e. The average molecular weight is 284 g/mol. The van der Waals surface area contributed by atoms with Crippen LogP contribution in [0.25, 0.3) is 10.9 Å². The zero-order valence-corrected chi connectivity index (χ0v) is 12.1. The van der Waals surface area contributed by atoms with Crippen LogP contribution >= 0.6 is 0 Å². The SMILES string of the molecule is Cn1cc2c3c(cccc31)[C@H]1CC(NC(N)=O)CN[C@@H]1C2. The van der Waals surface area contributed by atoms with E-state index in [1.54, 1.807) is 0 Å². The number of aryl methyl sites for hydroxylation is 1. The number of nitrogens with zero attached hydrogens (tertiary/aromatic N) is 1. The molecule has 1 aliphatic carbocycles. The Morgan fingerprint density at radius 2 is 2.33 bits per heavy atom. The van der Waals surface area contributed by atoms with Crippen LogP contribution in [0.15, 0.2) is 24.4 Å². The Kier molecular flexibility index (Phi) is 2.72. The second kappa shape index (κ2) is 4.49. The van der Waals surface area contributed by atoms with Crippen molar-refractivity contribution >= 4 is 16.9 Å². The van der Waals surface area contributed by atoms with Crippen molar-refractivity contribution in [3.8, 4) is 0 Å². The Labute approximate surface area is 123 Å². The van der Waals surface area contributed by atoms with Gasteiger partial charge in [0.15, 0.2) is 0 Å². The zero-order chi connectivity index (χ0) is 14.6. The Morgan fingerprint density at radius 3 is 3.14 bits per heavy atom. The minimum absolute atomic E-state index is 0.115. The van der Waals surface area contributed by atoms with Gasteiger partial charge in [-0.1, -0.05) is 12.1 Å². The first-order valence-corrected chi connectivity index (χ1v) is 7.49. The monoisotopic (exact) mass is 284 g/mol. The van der Waals surface area contributed by atoms with Crippen molar-refractivity contribution in [2.75, 3.05) is 6.54 Å². The topological polar surface area (TPSA) is 72.1 Å². The number of rotatable bonds is 1. The van der Waals surface area contributed by atoms with Crippen LogP contribution in [0.3, 0.4) is 0 Å². The molecule has 4 rings (SSSR count). The molecule has 2 heterocycles. The molecular weight excluding hydrogens is 264 g/mol. The van der Waals surface area contributed by atoms with Crippen LogP contribution in [0.5, 0.6) is 0 Å². The number of benzene rings is 1. The molecule has 21 heavy (non-hydrogen) atoms. The zero-order valence-electron chi connectivity index (χ0n) is 12.1. The summed E-state index contributed by atoms with van der Waals surface area (Å²) < 4.78 is 2.21. The molecule has 0 bridgehead atoms. The highest BCUT2D eigenvalue weighted by molar-refractivity contribution is 5.89. The lowest BCUT2D eigenvalue weighted by Gasteiger charge is -2.40. The molecule has 2 aromatic rings. The first-order valence-electron chi connectivity index (χ1n) is 7.49. The normalized spacial score (nSPS) is 27.4. The van der Waals surface area contributed by atoms with Crippen LogP contribution in [0, 0.1) is 0 Å². The van der Waals surface area contributed by atoms with Crippen molar-refractivity contribution in [3.63, 3.8) is 0 Å². The lowest BCUT2D eigenvalue weighted by atomic mass is 9.75. The molecule has 110 valence electrons. The summed E-state index contributed by atoms with van der Waals surface area (Å²) in [5, 5.41) is 7.84. The molecule has 1 unspecified atom stereocenters. The molecule has 1 aliphatic heterocycles. The van der Waals surface area contributed by atoms with Crippen LogP contribution < -0.4 is 16.4 Å². The number of amides is 2. The molecule has 1 aromatic heterocycles. The molecule has 3 atom stereocenters. The molecule has 4 N–H and O–H groups in total. The van der Waals surface area contributed by atoms with E-state index in [1.165, 1.54) is 22.0 Å². The predicted molar refractivity (Wildman–Crippen MR) is 82.3 cm³/mol. The average Bonchev–Trinajstić information content (AvgIpc) is 2.77. The molecule has 0 saturated carbocycles. The Balaban J connectivity index is 1.76. The first kappa shape index (κ1) is 12.7. The van der Waals surface area contributed by atoms with Gasteiger partial charge in [-0.25, -0.2) is 4.79 Å². The standard InChI is InChI=1S/C16H20N4O/c1-20-8-9-5-13-12(6-10(7-18-13)19-16(17)21)11-3-2-4-14(20)15(9)11/h2-4,8,10,12-13,18H,5-7H2,1H3,(H3,17,19,21)/t10?,12-,13-/m1/s1. The quantitative estimate of drug-likeness (QED) is 0.736. The molecule has 0 radical (unpaired) electrons. The van der Waals surface area contributed by atoms with E-state index in [1.807, 2.05) is 0 Å². The second-order valence-electron chi connectivity index (χ2n) is 6.27. The van der Waals surface area contributed by atoms with Gasteiger partial charge >= 0.3 is 6.03 Å². The lowest BCUT2D eigenvalue weighted by Crippen LogP contribution is -2.55. The van der Waals surface area contributed by atoms with E-state index < -0.39 is 6.03 Å². The number of urea groups is 1. The second-order valence-corrected chi connectivity index (χ2v) is 6.27. The van der Waals surface area contributed by atoms with Gasteiger partial charge in [0.05, 0.1) is 0 Å². The summed E-state index contributed by atoms with van der Waals surface area (Å²) in [7, 11) is 2.11. The van der Waals surface area contributed by atoms with Crippen molar-refractivity contribution < 1.29 is 4.79 Å². The number of piperidine rings is 1. The minimum Gasteiger partial charge on any atom is -0.352 e. The van der Waals surface area contributed by atoms with Crippen molar-refractivity contribution in [2.45, 2.75) is 30.8 Å². The Morgan fingerprint density at radius 1 is 1.48 bits per heavy atom. The fraction of sp³-hybridized carbons (Fsp3) is 0.438. The van der Waals surface area contributed by atoms with Gasteiger partial charge in [0.2, 0.25) is 0 Å². The van der Waals surface area contributed by atoms with Crippen LogP contribution in [-0.4, -0.2) is 29.2 Å². The molecule has 5 nitrogen and oxygen atoms in total. The fourth-order valence-electron chi connectivity index (χ4n) is 4.13. The van der Waals surface area contributed by atoms with Crippen molar-refractivity contribution in [3.05, 3.63) is 35.5 Å². The number of carbonyl (C=O) groups is 1. The van der Waals surface area contributed by atoms with E-state index in [0.717, 1.165) is 19.4 Å². The first-order chi connectivity index (χ1) is 10.1. The molecule has 5 heteroatoms. The van der Waals surface area contributed by atoms with Gasteiger partial charge in [-0.15, -0.1) is 0 Å². The van der Waals surface area contributed by atoms with Crippen molar-refractivity contribution in [1.82, 2.24) is 15.2 Å². The summed E-state index contributed by atoms with van der Waals surface area (Å²) in [4.78, 5) is 11.1. The summed E-state index contributed by atoms with van der Waals surface area (Å²) in [5.41, 5.74) is 9.40. The summed E-state index contributed by atoms with van der Waals surface area (Å²) in [5.74, 6) is 0.439. The maximum Gasteiger partial charge on any atom is 0.312 e. The van der Waals surface area contributed by atoms with Crippen molar-refractivity contribution in [1.29, 1.82) is 0 Å². The molecule has 1 aromatic carbocycles. The number of nitrogens with two attached hydrogens (primary N) is 1. The summed E-state index contributed by atoms with van der Waals surface area (Å²) >= 11 is 0. The van der Waals surface area contributed by atoms with E-state index in [9.17, 15) is 4.79 Å². The summed E-state index contributed by atoms with van der Waals surface area (Å²) in [6.07, 6.45) is 4.26. The molecule has 1 saturated heterocycles. The third-order valence-electron chi connectivity index (χ3n) is 4.96. The third kappa shape index (κ3) is 1.92. The van der Waals surface area contributed by atoms with Gasteiger partial charge in [-0.3, -0.25) is 0 Å². The minimum atomic E-state index is -0.435. The molecule has 2 amide bonds. The molecule has 1 fully saturated rings. The number of primary amides is 1. The highest BCUT2D eigenvalue weighted by atomic mass is 16.2. The predicted octanol–water partition coefficient (Wildman–Crippen LogP) is 1.22. The molecular formula is C16H20N4O. The molecule has 0 spiro atoms. The maximum absolute atomic E-state index is 11.1. The molecule has 2 aliphatic rings. The van der Waals surface area contributed by atoms with Gasteiger partial charge in [0, 0.05) is 48.7 Å². The largest absolute Gasteiger partial charge is 0.352 e. The maximum atomic E-state index is 11.1. The Hall–Kier alpha value is -2.01. The van der Waals surface area contributed by atoms with E-state index in [2.05, 4.69) is 46.6 Å². The van der Waals surface area contributed by atoms with E-state index in [-0.39, 0.29) is 6.04 Å². The number of carbonyl (C=O) groups excluding carboxylic acids is 1. The van der Waals surface area contributed by atoms with Gasteiger partial charge in [-0.05, 0) is 30.0 Å². The lowest BCUT2D eigenvalue weighted by molar-refractivity contribution is 0.234. The number of hydrogen-bond donors (Lipinski definition) is 3. The van der Waals surface area contributed by atoms with E-state index in [0.29, 0.717) is 12.0 Å². The Bertz CT molecular complexity index is 720. The highest BCUT2D eigenvalue weighted by Gasteiger charge is 2.36. The van der Waals surface area contributed by atoms with Crippen molar-refractivity contribution in [2.24, 2.45) is 12.8 Å². The highest BCUT2D eigenvalue weighted by Crippen LogP contribution is 2.41. The van der Waals surface area contributed by atoms with E-state index >= 15 is 0 Å². The fourth-order valence-corrected chi connectivity index (χ4v) is 4.13. The van der Waals surface area contributed by atoms with Gasteiger partial charge in [0.25, 0.3) is 0 Å². The van der Waals surface area contributed by atoms with Crippen LogP contribution in [0.2, 0.25) is 0 Å². The summed E-state index contributed by atoms with van der Waals surface area (Å²) in [6, 6.07) is 6.68. The number of hydrogen-bond acceptors (Lipinski definition) is 2. The number of aromatic nitrogens is 1. The summed E-state index contributed by atoms with van der Waals surface area (Å²) in [6.45, 7) is 0.794. The van der Waals surface area contributed by atoms with Crippen LogP contribution in [0.4, 0.5) is 4.79 Å². The number of fused-ring (bicyclic) bond motifs is 2.